The molecule has 16 heavy (non-hydrogen) atoms. The van der Waals surface area contributed by atoms with E-state index >= 15 is 0 Å². The van der Waals surface area contributed by atoms with Gasteiger partial charge >= 0.3 is 0 Å². The minimum atomic E-state index is 0. The second kappa shape index (κ2) is 11.9. The molecule has 0 fully saturated rings. The van der Waals surface area contributed by atoms with Crippen LogP contribution in [-0.2, 0) is 0 Å². The van der Waals surface area contributed by atoms with Crippen molar-refractivity contribution in [2.24, 2.45) is 0 Å². The monoisotopic (exact) mass is 293 g/mol. The Morgan fingerprint density at radius 1 is 0.625 bits per heavy atom. The largest absolute Gasteiger partial charge is 1.00 e. The summed E-state index contributed by atoms with van der Waals surface area (Å²) in [4.78, 5) is 0. The van der Waals surface area contributed by atoms with Crippen molar-refractivity contribution in [2.75, 3.05) is 26.2 Å². The number of hydrogen-bond acceptors (Lipinski definition) is 0. The molecule has 0 aliphatic rings. The summed E-state index contributed by atoms with van der Waals surface area (Å²) in [6, 6.07) is 0. The molecule has 2 heteroatoms. The van der Waals surface area contributed by atoms with Gasteiger partial charge in [-0.25, -0.2) is 0 Å². The Bertz CT molecular complexity index is 115. The molecule has 0 aliphatic heterocycles. The van der Waals surface area contributed by atoms with E-state index in [1.165, 1.54) is 69.2 Å². The third-order valence-electron chi connectivity index (χ3n) is 3.63. The molecule has 0 radical (unpaired) electrons. The predicted molar refractivity (Wildman–Crippen MR) is 70.1 cm³/mol. The zero-order valence-corrected chi connectivity index (χ0v) is 13.5. The first-order chi connectivity index (χ1) is 7.24. The Kier molecular flexibility index (Phi) is 14.0. The van der Waals surface area contributed by atoms with Gasteiger partial charge in [-0.3, -0.25) is 0 Å². The molecule has 0 aromatic carbocycles. The van der Waals surface area contributed by atoms with Crippen LogP contribution in [0.15, 0.2) is 0 Å². The highest BCUT2D eigenvalue weighted by Gasteiger charge is 2.22. The van der Waals surface area contributed by atoms with Crippen molar-refractivity contribution in [1.29, 1.82) is 0 Å². The summed E-state index contributed by atoms with van der Waals surface area (Å²) in [5.41, 5.74) is 0. The summed E-state index contributed by atoms with van der Waals surface area (Å²) in [7, 11) is 0. The lowest BCUT2D eigenvalue weighted by Gasteiger charge is -2.38. The summed E-state index contributed by atoms with van der Waals surface area (Å²) in [6.45, 7) is 14.9. The molecular weight excluding hydrogens is 262 g/mol. The second-order valence-corrected chi connectivity index (χ2v) is 4.89. The molecule has 0 heterocycles. The van der Waals surface area contributed by atoms with Crippen LogP contribution in [-0.4, -0.2) is 30.7 Å². The lowest BCUT2D eigenvalue weighted by molar-refractivity contribution is -0.927. The van der Waals surface area contributed by atoms with Crippen molar-refractivity contribution >= 4 is 0 Å². The van der Waals surface area contributed by atoms with Crippen molar-refractivity contribution in [3.05, 3.63) is 0 Å². The van der Waals surface area contributed by atoms with Crippen LogP contribution >= 0.6 is 0 Å². The van der Waals surface area contributed by atoms with Crippen LogP contribution in [0.2, 0.25) is 0 Å². The number of halogens is 1. The summed E-state index contributed by atoms with van der Waals surface area (Å²) in [5.74, 6) is 0. The van der Waals surface area contributed by atoms with Crippen LogP contribution < -0.4 is 17.0 Å². The molecule has 0 aromatic heterocycles. The lowest BCUT2D eigenvalue weighted by atomic mass is 10.1. The maximum atomic E-state index is 2.38. The van der Waals surface area contributed by atoms with Gasteiger partial charge in [-0.2, -0.15) is 0 Å². The van der Waals surface area contributed by atoms with Crippen LogP contribution in [0, 0.1) is 0 Å². The van der Waals surface area contributed by atoms with Gasteiger partial charge < -0.3 is 21.5 Å². The van der Waals surface area contributed by atoms with Crippen LogP contribution in [0.3, 0.4) is 0 Å². The van der Waals surface area contributed by atoms with E-state index in [1.807, 2.05) is 0 Å². The number of quaternary nitrogens is 1. The molecule has 0 aliphatic carbocycles. The van der Waals surface area contributed by atoms with E-state index in [9.17, 15) is 0 Å². The smallest absolute Gasteiger partial charge is 0.0786 e. The highest BCUT2D eigenvalue weighted by atomic mass is 79.9. The highest BCUT2D eigenvalue weighted by molar-refractivity contribution is 4.46. The first-order valence-corrected chi connectivity index (χ1v) is 7.09. The van der Waals surface area contributed by atoms with E-state index in [4.69, 9.17) is 0 Å². The van der Waals surface area contributed by atoms with Crippen molar-refractivity contribution in [1.82, 2.24) is 0 Å². The molecule has 0 atom stereocenters. The summed E-state index contributed by atoms with van der Waals surface area (Å²) >= 11 is 0. The van der Waals surface area contributed by atoms with Gasteiger partial charge in [0.25, 0.3) is 0 Å². The van der Waals surface area contributed by atoms with Gasteiger partial charge in [0.2, 0.25) is 0 Å². The quantitative estimate of drug-likeness (QED) is 0.532. The Morgan fingerprint density at radius 2 is 0.938 bits per heavy atom. The van der Waals surface area contributed by atoms with Crippen molar-refractivity contribution in [3.63, 3.8) is 0 Å². The average molecular weight is 294 g/mol. The van der Waals surface area contributed by atoms with Gasteiger partial charge in [-0.15, -0.1) is 0 Å². The highest BCUT2D eigenvalue weighted by Crippen LogP contribution is 2.14. The fourth-order valence-electron chi connectivity index (χ4n) is 2.29. The number of hydrogen-bond donors (Lipinski definition) is 0. The molecule has 0 saturated carbocycles. The summed E-state index contributed by atoms with van der Waals surface area (Å²) in [6.07, 6.45) is 8.25. The van der Waals surface area contributed by atoms with Crippen molar-refractivity contribution in [2.45, 2.75) is 66.2 Å². The summed E-state index contributed by atoms with van der Waals surface area (Å²) < 4.78 is 1.38. The molecule has 1 nitrogen and oxygen atoms in total. The van der Waals surface area contributed by atoms with E-state index in [0.29, 0.717) is 0 Å². The topological polar surface area (TPSA) is 0 Å². The normalized spacial score (nSPS) is 11.2. The van der Waals surface area contributed by atoms with Gasteiger partial charge in [0, 0.05) is 0 Å². The maximum Gasteiger partial charge on any atom is 0.0786 e. The standard InChI is InChI=1S/C14H32N.BrH/c1-5-9-12-15(8-4,13-10-6-2)14-11-7-3;/h5-14H2,1-4H3;1H/q+1;/p-1. The average Bonchev–Trinajstić information content (AvgIpc) is 2.29. The van der Waals surface area contributed by atoms with Crippen LogP contribution in [0.1, 0.15) is 66.2 Å². The second-order valence-electron chi connectivity index (χ2n) is 4.89. The fraction of sp³-hybridized carbons (Fsp3) is 1.00. The molecule has 100 valence electrons. The van der Waals surface area contributed by atoms with Gasteiger partial charge in [0.05, 0.1) is 26.2 Å². The maximum absolute atomic E-state index is 2.38. The first kappa shape index (κ1) is 18.8. The van der Waals surface area contributed by atoms with Gasteiger partial charge in [-0.05, 0) is 26.2 Å². The van der Waals surface area contributed by atoms with Gasteiger partial charge in [0.15, 0.2) is 0 Å². The lowest BCUT2D eigenvalue weighted by Crippen LogP contribution is -3.00. The minimum Gasteiger partial charge on any atom is -1.00 e. The van der Waals surface area contributed by atoms with Gasteiger partial charge in [0.1, 0.15) is 0 Å². The molecule has 0 amide bonds. The SMILES string of the molecule is CCCC[N+](CC)(CCCC)CCCC.[Br-]. The van der Waals surface area contributed by atoms with Crippen LogP contribution in [0.5, 0.6) is 0 Å². The third kappa shape index (κ3) is 7.67. The predicted octanol–water partition coefficient (Wildman–Crippen LogP) is 1.23. The molecule has 0 bridgehead atoms. The van der Waals surface area contributed by atoms with Crippen molar-refractivity contribution < 1.29 is 21.5 Å². The Labute approximate surface area is 114 Å². The Morgan fingerprint density at radius 3 is 1.12 bits per heavy atom. The first-order valence-electron chi connectivity index (χ1n) is 7.09. The van der Waals surface area contributed by atoms with Crippen LogP contribution in [0.4, 0.5) is 0 Å². The Balaban J connectivity index is 0. The molecule has 0 saturated heterocycles. The summed E-state index contributed by atoms with van der Waals surface area (Å²) in [5, 5.41) is 0. The van der Waals surface area contributed by atoms with Crippen LogP contribution in [0.25, 0.3) is 0 Å². The molecule has 0 aromatic rings. The van der Waals surface area contributed by atoms with E-state index in [-0.39, 0.29) is 17.0 Å². The van der Waals surface area contributed by atoms with E-state index in [1.54, 1.807) is 0 Å². The number of nitrogens with zero attached hydrogens (tertiary/aromatic N) is 1. The molecule has 0 spiro atoms. The minimum absolute atomic E-state index is 0. The molecule has 0 N–H and O–H groups in total. The van der Waals surface area contributed by atoms with Crippen molar-refractivity contribution in [3.8, 4) is 0 Å². The number of rotatable bonds is 10. The Hall–Kier alpha value is 0.440. The number of unbranched alkanes of at least 4 members (excludes halogenated alkanes) is 3. The zero-order chi connectivity index (χ0) is 11.6. The van der Waals surface area contributed by atoms with E-state index < -0.39 is 0 Å². The third-order valence-corrected chi connectivity index (χ3v) is 3.63. The van der Waals surface area contributed by atoms with Gasteiger partial charge in [-0.1, -0.05) is 40.0 Å². The molecule has 0 rings (SSSR count). The zero-order valence-electron chi connectivity index (χ0n) is 11.9. The molecular formula is C14H32BrN. The fourth-order valence-corrected chi connectivity index (χ4v) is 2.29. The van der Waals surface area contributed by atoms with E-state index in [0.717, 1.165) is 0 Å². The molecule has 0 unspecified atom stereocenters. The van der Waals surface area contributed by atoms with E-state index in [2.05, 4.69) is 27.7 Å².